The molecule has 1 aliphatic rings. The molecule has 18 heavy (non-hydrogen) atoms. The fourth-order valence-electron chi connectivity index (χ4n) is 1.72. The topological polar surface area (TPSA) is 65.1 Å². The van der Waals surface area contributed by atoms with E-state index in [9.17, 15) is 9.59 Å². The minimum Gasteiger partial charge on any atom is -0.447 e. The summed E-state index contributed by atoms with van der Waals surface area (Å²) in [6, 6.07) is -0.195. The quantitative estimate of drug-likeness (QED) is 0.412. The third kappa shape index (κ3) is 3.43. The summed E-state index contributed by atoms with van der Waals surface area (Å²) in [5.41, 5.74) is 0. The molecule has 1 rings (SSSR count). The van der Waals surface area contributed by atoms with E-state index in [2.05, 4.69) is 0 Å². The fraction of sp³-hybridized carbons (Fsp3) is 0.833. The van der Waals surface area contributed by atoms with Gasteiger partial charge in [-0.25, -0.2) is 19.5 Å². The van der Waals surface area contributed by atoms with E-state index in [0.717, 1.165) is 0 Å². The Bertz CT molecular complexity index is 305. The Hall–Kier alpha value is -1.14. The van der Waals surface area contributed by atoms with Crippen molar-refractivity contribution in [1.82, 2.24) is 4.90 Å². The molecular formula is C12H21NO5. The molecule has 1 fully saturated rings. The van der Waals surface area contributed by atoms with Crippen LogP contribution < -0.4 is 0 Å². The number of imide groups is 1. The molecule has 1 heterocycles. The van der Waals surface area contributed by atoms with Gasteiger partial charge in [0.05, 0.1) is 25.2 Å². The van der Waals surface area contributed by atoms with Crippen molar-refractivity contribution in [3.05, 3.63) is 0 Å². The number of rotatable bonds is 6. The van der Waals surface area contributed by atoms with Crippen molar-refractivity contribution < 1.29 is 24.1 Å². The summed E-state index contributed by atoms with van der Waals surface area (Å²) >= 11 is 0. The van der Waals surface area contributed by atoms with Crippen LogP contribution in [-0.4, -0.2) is 42.8 Å². The highest BCUT2D eigenvalue weighted by atomic mass is 17.2. The number of carbonyl (C=O) groups excluding carboxylic acids is 2. The summed E-state index contributed by atoms with van der Waals surface area (Å²) in [6.07, 6.45) is -0.568. The average molecular weight is 259 g/mol. The van der Waals surface area contributed by atoms with Crippen molar-refractivity contribution in [2.75, 3.05) is 19.8 Å². The van der Waals surface area contributed by atoms with Gasteiger partial charge >= 0.3 is 6.09 Å². The van der Waals surface area contributed by atoms with Gasteiger partial charge in [0.25, 0.3) is 0 Å². The molecule has 2 amide bonds. The van der Waals surface area contributed by atoms with Gasteiger partial charge in [0, 0.05) is 0 Å². The Morgan fingerprint density at radius 2 is 2.11 bits per heavy atom. The number of hydrogen-bond donors (Lipinski definition) is 0. The van der Waals surface area contributed by atoms with E-state index in [4.69, 9.17) is 14.5 Å². The van der Waals surface area contributed by atoms with Crippen LogP contribution in [0.25, 0.3) is 0 Å². The number of cyclic esters (lactones) is 1. The number of nitrogens with zero attached hydrogens (tertiary/aromatic N) is 1. The fourth-order valence-corrected chi connectivity index (χ4v) is 1.72. The molecule has 1 saturated heterocycles. The Balaban J connectivity index is 2.60. The van der Waals surface area contributed by atoms with E-state index < -0.39 is 12.0 Å². The maximum atomic E-state index is 12.2. The van der Waals surface area contributed by atoms with Crippen molar-refractivity contribution in [3.8, 4) is 0 Å². The molecular weight excluding hydrogens is 238 g/mol. The first-order chi connectivity index (χ1) is 8.49. The lowest BCUT2D eigenvalue weighted by Gasteiger charge is -2.24. The molecule has 0 aromatic heterocycles. The highest BCUT2D eigenvalue weighted by molar-refractivity contribution is 5.94. The highest BCUT2D eigenvalue weighted by Crippen LogP contribution is 2.21. The van der Waals surface area contributed by atoms with Gasteiger partial charge in [0.15, 0.2) is 0 Å². The molecule has 0 bridgehead atoms. The molecule has 0 saturated carbocycles. The predicted molar refractivity (Wildman–Crippen MR) is 63.6 cm³/mol. The molecule has 0 N–H and O–H groups in total. The maximum absolute atomic E-state index is 12.2. The standard InChI is InChI=1S/C12H21NO5/c1-5-17-18-6-9(4)11(14)13-10(8(2)3)7-16-12(13)15/h8-10H,5-7H2,1-4H3/t9-,10-/m1/s1. The smallest absolute Gasteiger partial charge is 0.416 e. The van der Waals surface area contributed by atoms with Gasteiger partial charge in [0.1, 0.15) is 6.61 Å². The summed E-state index contributed by atoms with van der Waals surface area (Å²) in [4.78, 5) is 34.5. The lowest BCUT2D eigenvalue weighted by Crippen LogP contribution is -2.45. The molecule has 0 spiro atoms. The van der Waals surface area contributed by atoms with E-state index in [1.54, 1.807) is 13.8 Å². The molecule has 0 aromatic carbocycles. The summed E-state index contributed by atoms with van der Waals surface area (Å²) in [7, 11) is 0. The second-order valence-corrected chi connectivity index (χ2v) is 4.69. The molecule has 6 nitrogen and oxygen atoms in total. The van der Waals surface area contributed by atoms with Gasteiger partial charge < -0.3 is 4.74 Å². The second kappa shape index (κ2) is 6.70. The Kier molecular flexibility index (Phi) is 5.55. The van der Waals surface area contributed by atoms with Gasteiger partial charge in [-0.15, -0.1) is 0 Å². The molecule has 0 aliphatic carbocycles. The molecule has 2 atom stereocenters. The van der Waals surface area contributed by atoms with Crippen LogP contribution in [-0.2, 0) is 19.3 Å². The first-order valence-corrected chi connectivity index (χ1v) is 6.23. The SMILES string of the molecule is CCOOC[C@@H](C)C(=O)N1C(=O)OC[C@@H]1C(C)C. The van der Waals surface area contributed by atoms with Gasteiger partial charge in [-0.2, -0.15) is 0 Å². The van der Waals surface area contributed by atoms with Crippen LogP contribution in [0.3, 0.4) is 0 Å². The van der Waals surface area contributed by atoms with Crippen molar-refractivity contribution in [2.45, 2.75) is 33.7 Å². The monoisotopic (exact) mass is 259 g/mol. The van der Waals surface area contributed by atoms with Crippen LogP contribution in [0.15, 0.2) is 0 Å². The minimum absolute atomic E-state index is 0.126. The molecule has 104 valence electrons. The van der Waals surface area contributed by atoms with E-state index >= 15 is 0 Å². The zero-order chi connectivity index (χ0) is 13.7. The summed E-state index contributed by atoms with van der Waals surface area (Å²) in [5, 5.41) is 0. The number of hydrogen-bond acceptors (Lipinski definition) is 5. The van der Waals surface area contributed by atoms with Gasteiger partial charge in [-0.1, -0.05) is 20.8 Å². The predicted octanol–water partition coefficient (Wildman–Crippen LogP) is 1.59. The van der Waals surface area contributed by atoms with E-state index in [-0.39, 0.29) is 31.1 Å². The van der Waals surface area contributed by atoms with Crippen LogP contribution in [0.1, 0.15) is 27.7 Å². The largest absolute Gasteiger partial charge is 0.447 e. The minimum atomic E-state index is -0.568. The van der Waals surface area contributed by atoms with Crippen LogP contribution >= 0.6 is 0 Å². The number of ether oxygens (including phenoxy) is 1. The molecule has 6 heteroatoms. The first-order valence-electron chi connectivity index (χ1n) is 6.23. The third-order valence-electron chi connectivity index (χ3n) is 2.85. The highest BCUT2D eigenvalue weighted by Gasteiger charge is 2.41. The van der Waals surface area contributed by atoms with E-state index in [0.29, 0.717) is 6.61 Å². The Morgan fingerprint density at radius 3 is 2.67 bits per heavy atom. The van der Waals surface area contributed by atoms with Crippen molar-refractivity contribution in [3.63, 3.8) is 0 Å². The van der Waals surface area contributed by atoms with Crippen LogP contribution in [0.2, 0.25) is 0 Å². The maximum Gasteiger partial charge on any atom is 0.416 e. The van der Waals surface area contributed by atoms with Crippen LogP contribution in [0, 0.1) is 11.8 Å². The lowest BCUT2D eigenvalue weighted by molar-refractivity contribution is -0.296. The zero-order valence-electron chi connectivity index (χ0n) is 11.3. The first kappa shape index (κ1) is 14.9. The van der Waals surface area contributed by atoms with Gasteiger partial charge in [0.2, 0.25) is 5.91 Å². The summed E-state index contributed by atoms with van der Waals surface area (Å²) < 4.78 is 4.93. The second-order valence-electron chi connectivity index (χ2n) is 4.69. The Labute approximate surface area is 107 Å². The van der Waals surface area contributed by atoms with Crippen molar-refractivity contribution in [2.24, 2.45) is 11.8 Å². The average Bonchev–Trinajstić information content (AvgIpc) is 2.70. The van der Waals surface area contributed by atoms with Crippen LogP contribution in [0.5, 0.6) is 0 Å². The van der Waals surface area contributed by atoms with Gasteiger partial charge in [-0.05, 0) is 12.8 Å². The van der Waals surface area contributed by atoms with Crippen LogP contribution in [0.4, 0.5) is 4.79 Å². The molecule has 0 radical (unpaired) electrons. The Morgan fingerprint density at radius 1 is 1.44 bits per heavy atom. The van der Waals surface area contributed by atoms with Gasteiger partial charge in [-0.3, -0.25) is 4.79 Å². The summed E-state index contributed by atoms with van der Waals surface area (Å²) in [6.45, 7) is 8.20. The third-order valence-corrected chi connectivity index (χ3v) is 2.85. The van der Waals surface area contributed by atoms with Crippen molar-refractivity contribution in [1.29, 1.82) is 0 Å². The lowest BCUT2D eigenvalue weighted by atomic mass is 10.0. The molecule has 1 aliphatic heterocycles. The molecule has 0 aromatic rings. The zero-order valence-corrected chi connectivity index (χ0v) is 11.3. The molecule has 0 unspecified atom stereocenters. The number of amides is 2. The number of carbonyl (C=O) groups is 2. The summed E-state index contributed by atoms with van der Waals surface area (Å²) in [5.74, 6) is -0.556. The van der Waals surface area contributed by atoms with Crippen molar-refractivity contribution >= 4 is 12.0 Å². The van der Waals surface area contributed by atoms with E-state index in [1.807, 2.05) is 13.8 Å². The van der Waals surface area contributed by atoms with E-state index in [1.165, 1.54) is 4.90 Å². The normalized spacial score (nSPS) is 21.3.